The number of halogens is 1. The fourth-order valence-corrected chi connectivity index (χ4v) is 3.94. The van der Waals surface area contributed by atoms with E-state index in [2.05, 4.69) is 32.6 Å². The van der Waals surface area contributed by atoms with Gasteiger partial charge in [-0.3, -0.25) is 19.2 Å². The van der Waals surface area contributed by atoms with Gasteiger partial charge in [-0.2, -0.15) is 0 Å². The third-order valence-corrected chi connectivity index (χ3v) is 5.99. The summed E-state index contributed by atoms with van der Waals surface area (Å²) in [6.07, 6.45) is 1.40. The molecule has 1 N–H and O–H groups in total. The van der Waals surface area contributed by atoms with Crippen LogP contribution in [0.5, 0.6) is 0 Å². The molecule has 0 saturated carbocycles. The molecule has 0 aliphatic rings. The number of nitrogens with one attached hydrogen (secondary N) is 1. The van der Waals surface area contributed by atoms with Crippen LogP contribution in [0.15, 0.2) is 54.6 Å². The van der Waals surface area contributed by atoms with Crippen molar-refractivity contribution in [3.63, 3.8) is 0 Å². The molecule has 0 aliphatic carbocycles. The number of methoxy groups -OCH3 is 1. The summed E-state index contributed by atoms with van der Waals surface area (Å²) in [6.45, 7) is 1.49. The van der Waals surface area contributed by atoms with E-state index in [1.54, 1.807) is 12.1 Å². The van der Waals surface area contributed by atoms with Gasteiger partial charge in [-0.15, -0.1) is 0 Å². The number of nitrogens with zero attached hydrogens (tertiary/aromatic N) is 1. The molecule has 0 fully saturated rings. The van der Waals surface area contributed by atoms with Gasteiger partial charge >= 0.3 is 11.9 Å². The molecule has 182 valence electrons. The van der Waals surface area contributed by atoms with Crippen LogP contribution in [-0.2, 0) is 30.4 Å². The minimum absolute atomic E-state index is 0.213. The van der Waals surface area contributed by atoms with Gasteiger partial charge in [-0.25, -0.2) is 0 Å². The Morgan fingerprint density at radius 3 is 2.32 bits per heavy atom. The highest BCUT2D eigenvalue weighted by atomic mass is 127. The predicted octanol–water partition coefficient (Wildman–Crippen LogP) is 3.32. The second-order valence-corrected chi connectivity index (χ2v) is 8.71. The maximum atomic E-state index is 13.7. The highest BCUT2D eigenvalue weighted by molar-refractivity contribution is 14.1. The zero-order valence-electron chi connectivity index (χ0n) is 19.3. The van der Waals surface area contributed by atoms with E-state index in [0.29, 0.717) is 24.8 Å². The maximum absolute atomic E-state index is 13.7. The summed E-state index contributed by atoms with van der Waals surface area (Å²) in [5, 5.41) is 2.59. The first kappa shape index (κ1) is 27.3. The second-order valence-electron chi connectivity index (χ2n) is 7.54. The molecule has 0 heterocycles. The van der Waals surface area contributed by atoms with Crippen molar-refractivity contribution in [1.29, 1.82) is 0 Å². The lowest BCUT2D eigenvalue weighted by Gasteiger charge is -2.31. The molecule has 0 radical (unpaired) electrons. The summed E-state index contributed by atoms with van der Waals surface area (Å²) in [5.41, 5.74) is 1.36. The van der Waals surface area contributed by atoms with Gasteiger partial charge in [0.1, 0.15) is 12.6 Å². The van der Waals surface area contributed by atoms with E-state index in [1.807, 2.05) is 42.5 Å². The van der Waals surface area contributed by atoms with Crippen LogP contribution in [0.25, 0.3) is 0 Å². The van der Waals surface area contributed by atoms with E-state index >= 15 is 0 Å². The van der Waals surface area contributed by atoms with Crippen LogP contribution in [0.3, 0.4) is 0 Å². The normalized spacial score (nSPS) is 11.3. The third kappa shape index (κ3) is 8.77. The van der Waals surface area contributed by atoms with Gasteiger partial charge in [0.05, 0.1) is 19.3 Å². The lowest BCUT2D eigenvalue weighted by Crippen LogP contribution is -2.50. The molecule has 1 unspecified atom stereocenters. The van der Waals surface area contributed by atoms with Crippen molar-refractivity contribution in [2.75, 3.05) is 20.3 Å². The van der Waals surface area contributed by atoms with E-state index in [0.717, 1.165) is 9.13 Å². The molecule has 0 saturated heterocycles. The van der Waals surface area contributed by atoms with Crippen molar-refractivity contribution in [2.45, 2.75) is 38.8 Å². The summed E-state index contributed by atoms with van der Waals surface area (Å²) < 4.78 is 10.4. The van der Waals surface area contributed by atoms with Gasteiger partial charge in [0.15, 0.2) is 0 Å². The van der Waals surface area contributed by atoms with Crippen LogP contribution in [0, 0.1) is 3.57 Å². The van der Waals surface area contributed by atoms with Crippen molar-refractivity contribution < 1.29 is 28.7 Å². The van der Waals surface area contributed by atoms with Gasteiger partial charge in [-0.05, 0) is 59.5 Å². The van der Waals surface area contributed by atoms with Crippen LogP contribution in [0.4, 0.5) is 0 Å². The molecule has 0 bridgehead atoms. The number of carbonyl (C=O) groups excluding carboxylic acids is 4. The highest BCUT2D eigenvalue weighted by Crippen LogP contribution is 2.21. The Balaban J connectivity index is 2.33. The topological polar surface area (TPSA) is 102 Å². The summed E-state index contributed by atoms with van der Waals surface area (Å²) in [6, 6.07) is 15.7. The van der Waals surface area contributed by atoms with Crippen molar-refractivity contribution in [3.05, 3.63) is 69.3 Å². The molecule has 2 aromatic carbocycles. The third-order valence-electron chi connectivity index (χ3n) is 5.05. The molecule has 9 heteroatoms. The van der Waals surface area contributed by atoms with Crippen molar-refractivity contribution in [2.24, 2.45) is 0 Å². The molecular weight excluding hydrogens is 551 g/mol. The van der Waals surface area contributed by atoms with E-state index < -0.39 is 17.9 Å². The quantitative estimate of drug-likeness (QED) is 0.235. The number of hydrogen-bond acceptors (Lipinski definition) is 6. The zero-order valence-corrected chi connectivity index (χ0v) is 21.4. The summed E-state index contributed by atoms with van der Waals surface area (Å²) >= 11 is 2.10. The largest absolute Gasteiger partial charge is 0.468 e. The lowest BCUT2D eigenvalue weighted by atomic mass is 10.0. The Kier molecular flexibility index (Phi) is 11.5. The first-order valence-electron chi connectivity index (χ1n) is 10.9. The number of esters is 2. The standard InChI is InChI=1S/C25H29IN2O6/c1-18(29)34-15-9-8-14-22(24(31)27-16-23(30)33-2)28(17-19-10-4-3-5-11-19)25(32)20-12-6-7-13-21(20)26/h3-7,10-13,22H,8-9,14-17H2,1-2H3,(H,27,31). The first-order chi connectivity index (χ1) is 16.3. The highest BCUT2D eigenvalue weighted by Gasteiger charge is 2.31. The molecule has 2 aromatic rings. The van der Waals surface area contributed by atoms with Gasteiger partial charge in [-0.1, -0.05) is 42.5 Å². The van der Waals surface area contributed by atoms with Crippen LogP contribution < -0.4 is 5.32 Å². The molecule has 1 atom stereocenters. The van der Waals surface area contributed by atoms with Crippen LogP contribution in [0.2, 0.25) is 0 Å². The Hall–Kier alpha value is -2.95. The average Bonchev–Trinajstić information content (AvgIpc) is 2.83. The summed E-state index contributed by atoms with van der Waals surface area (Å²) in [7, 11) is 1.24. The van der Waals surface area contributed by atoms with Gasteiger partial charge in [0, 0.05) is 17.0 Å². The minimum atomic E-state index is -0.842. The number of benzene rings is 2. The smallest absolute Gasteiger partial charge is 0.325 e. The zero-order chi connectivity index (χ0) is 24.9. The maximum Gasteiger partial charge on any atom is 0.325 e. The van der Waals surface area contributed by atoms with Crippen LogP contribution >= 0.6 is 22.6 Å². The van der Waals surface area contributed by atoms with Crippen LogP contribution in [-0.4, -0.2) is 55.0 Å². The number of amides is 2. The molecule has 0 aliphatic heterocycles. The van der Waals surface area contributed by atoms with Gasteiger partial charge in [0.25, 0.3) is 5.91 Å². The summed E-state index contributed by atoms with van der Waals surface area (Å²) in [5.74, 6) is -1.69. The molecule has 2 amide bonds. The molecule has 2 rings (SSSR count). The Morgan fingerprint density at radius 2 is 1.68 bits per heavy atom. The Labute approximate surface area is 213 Å². The monoisotopic (exact) mass is 580 g/mol. The number of unbranched alkanes of at least 4 members (excludes halogenated alkanes) is 1. The lowest BCUT2D eigenvalue weighted by molar-refractivity contribution is -0.141. The Bertz CT molecular complexity index is 982. The fraction of sp³-hybridized carbons (Fsp3) is 0.360. The average molecular weight is 580 g/mol. The first-order valence-corrected chi connectivity index (χ1v) is 12.0. The SMILES string of the molecule is COC(=O)CNC(=O)C(CCCCOC(C)=O)N(Cc1ccccc1)C(=O)c1ccccc1I. The fourth-order valence-electron chi connectivity index (χ4n) is 3.33. The number of rotatable bonds is 12. The predicted molar refractivity (Wildman–Crippen MR) is 135 cm³/mol. The van der Waals surface area contributed by atoms with E-state index in [1.165, 1.54) is 18.9 Å². The van der Waals surface area contributed by atoms with E-state index in [9.17, 15) is 19.2 Å². The van der Waals surface area contributed by atoms with Crippen LogP contribution in [0.1, 0.15) is 42.1 Å². The van der Waals surface area contributed by atoms with Crippen molar-refractivity contribution >= 4 is 46.3 Å². The molecule has 0 spiro atoms. The minimum Gasteiger partial charge on any atom is -0.468 e. The number of carbonyl (C=O) groups is 4. The van der Waals surface area contributed by atoms with Gasteiger partial charge in [0.2, 0.25) is 5.91 Å². The van der Waals surface area contributed by atoms with E-state index in [-0.39, 0.29) is 31.6 Å². The van der Waals surface area contributed by atoms with Crippen molar-refractivity contribution in [1.82, 2.24) is 10.2 Å². The molecular formula is C25H29IN2O6. The molecule has 8 nitrogen and oxygen atoms in total. The molecule has 0 aromatic heterocycles. The van der Waals surface area contributed by atoms with E-state index in [4.69, 9.17) is 4.74 Å². The van der Waals surface area contributed by atoms with Gasteiger partial charge < -0.3 is 19.7 Å². The second kappa shape index (κ2) is 14.3. The number of ether oxygens (including phenoxy) is 2. The van der Waals surface area contributed by atoms with Crippen molar-refractivity contribution in [3.8, 4) is 0 Å². The molecule has 34 heavy (non-hydrogen) atoms. The Morgan fingerprint density at radius 1 is 1.00 bits per heavy atom. The number of hydrogen-bond donors (Lipinski definition) is 1. The summed E-state index contributed by atoms with van der Waals surface area (Å²) in [4.78, 5) is 51.0.